The lowest BCUT2D eigenvalue weighted by atomic mass is 10.2. The van der Waals surface area contributed by atoms with E-state index < -0.39 is 0 Å². The van der Waals surface area contributed by atoms with Crippen LogP contribution >= 0.6 is 11.3 Å². The van der Waals surface area contributed by atoms with Gasteiger partial charge in [-0.3, -0.25) is 4.79 Å². The number of hydrogen-bond donors (Lipinski definition) is 1. The van der Waals surface area contributed by atoms with Crippen molar-refractivity contribution in [1.82, 2.24) is 24.5 Å². The summed E-state index contributed by atoms with van der Waals surface area (Å²) in [5.41, 5.74) is 2.75. The predicted octanol–water partition coefficient (Wildman–Crippen LogP) is 2.15. The van der Waals surface area contributed by atoms with Gasteiger partial charge in [-0.2, -0.15) is 5.10 Å². The largest absolute Gasteiger partial charge is 0.396 e. The third-order valence-electron chi connectivity index (χ3n) is 4.04. The van der Waals surface area contributed by atoms with Crippen molar-refractivity contribution in [2.24, 2.45) is 0 Å². The van der Waals surface area contributed by atoms with E-state index in [0.717, 1.165) is 20.8 Å². The van der Waals surface area contributed by atoms with Crippen LogP contribution in [0.25, 0.3) is 15.9 Å². The van der Waals surface area contributed by atoms with Gasteiger partial charge in [0.15, 0.2) is 11.3 Å². The van der Waals surface area contributed by atoms with E-state index in [1.165, 1.54) is 0 Å². The summed E-state index contributed by atoms with van der Waals surface area (Å²) >= 11 is 1.58. The van der Waals surface area contributed by atoms with Crippen molar-refractivity contribution in [2.75, 3.05) is 13.7 Å². The fourth-order valence-corrected chi connectivity index (χ4v) is 3.76. The Hall–Kier alpha value is -2.84. The van der Waals surface area contributed by atoms with Gasteiger partial charge in [-0.1, -0.05) is 12.1 Å². The van der Waals surface area contributed by atoms with Crippen LogP contribution in [0.15, 0.2) is 42.7 Å². The van der Waals surface area contributed by atoms with Crippen LogP contribution in [0.5, 0.6) is 0 Å². The summed E-state index contributed by atoms with van der Waals surface area (Å²) in [5, 5.41) is 14.2. The zero-order valence-corrected chi connectivity index (χ0v) is 15.0. The molecule has 0 radical (unpaired) electrons. The van der Waals surface area contributed by atoms with Crippen molar-refractivity contribution in [2.45, 2.75) is 13.0 Å². The van der Waals surface area contributed by atoms with Crippen LogP contribution in [0, 0.1) is 0 Å². The maximum Gasteiger partial charge on any atom is 0.274 e. The van der Waals surface area contributed by atoms with E-state index in [9.17, 15) is 4.79 Å². The summed E-state index contributed by atoms with van der Waals surface area (Å²) in [7, 11) is 1.74. The molecule has 4 rings (SSSR count). The molecule has 0 unspecified atom stereocenters. The van der Waals surface area contributed by atoms with Gasteiger partial charge in [0.05, 0.1) is 16.8 Å². The molecule has 132 valence electrons. The number of rotatable bonds is 5. The predicted molar refractivity (Wildman–Crippen MR) is 99.2 cm³/mol. The first-order valence-corrected chi connectivity index (χ1v) is 9.01. The average molecular weight is 367 g/mol. The Balaban J connectivity index is 1.55. The number of para-hydroxylation sites is 1. The minimum atomic E-state index is -0.182. The number of aliphatic hydroxyl groups excluding tert-OH is 1. The maximum absolute atomic E-state index is 12.7. The lowest BCUT2D eigenvalue weighted by molar-refractivity contribution is 0.0779. The van der Waals surface area contributed by atoms with Crippen LogP contribution in [0.3, 0.4) is 0 Å². The third kappa shape index (κ3) is 3.16. The number of carbonyl (C=O) groups excluding carboxylic acids is 1. The van der Waals surface area contributed by atoms with Gasteiger partial charge in [-0.05, 0) is 24.1 Å². The Morgan fingerprint density at radius 1 is 1.35 bits per heavy atom. The quantitative estimate of drug-likeness (QED) is 0.584. The summed E-state index contributed by atoms with van der Waals surface area (Å²) in [5.74, 6) is -0.182. The van der Waals surface area contributed by atoms with Gasteiger partial charge in [-0.25, -0.2) is 14.5 Å². The highest BCUT2D eigenvalue weighted by molar-refractivity contribution is 7.18. The fraction of sp³-hybridized carbons (Fsp3) is 0.222. The monoisotopic (exact) mass is 367 g/mol. The maximum atomic E-state index is 12.7. The molecular formula is C18H17N5O2S. The lowest BCUT2D eigenvalue weighted by Crippen LogP contribution is -2.26. The molecule has 1 amide bonds. The Morgan fingerprint density at radius 3 is 3.00 bits per heavy atom. The van der Waals surface area contributed by atoms with Crippen LogP contribution in [0.1, 0.15) is 21.1 Å². The van der Waals surface area contributed by atoms with E-state index in [4.69, 9.17) is 5.11 Å². The molecule has 0 saturated carbocycles. The van der Waals surface area contributed by atoms with Gasteiger partial charge in [0, 0.05) is 32.1 Å². The molecule has 0 aliphatic rings. The molecule has 26 heavy (non-hydrogen) atoms. The molecule has 4 aromatic rings. The van der Waals surface area contributed by atoms with Gasteiger partial charge in [0.2, 0.25) is 0 Å². The van der Waals surface area contributed by atoms with E-state index in [-0.39, 0.29) is 12.5 Å². The molecular weight excluding hydrogens is 350 g/mol. The molecule has 8 heteroatoms. The molecule has 3 aromatic heterocycles. The zero-order valence-electron chi connectivity index (χ0n) is 14.2. The average Bonchev–Trinajstić information content (AvgIpc) is 3.24. The Morgan fingerprint density at radius 2 is 2.19 bits per heavy atom. The number of carbonyl (C=O) groups is 1. The van der Waals surface area contributed by atoms with Crippen molar-refractivity contribution in [3.8, 4) is 0 Å². The first-order valence-electron chi connectivity index (χ1n) is 8.19. The van der Waals surface area contributed by atoms with Gasteiger partial charge in [-0.15, -0.1) is 11.3 Å². The molecule has 0 spiro atoms. The normalized spacial score (nSPS) is 11.3. The Bertz CT molecular complexity index is 1050. The van der Waals surface area contributed by atoms with Crippen LogP contribution < -0.4 is 0 Å². The molecule has 0 atom stereocenters. The number of thiazole rings is 1. The smallest absolute Gasteiger partial charge is 0.274 e. The first-order chi connectivity index (χ1) is 12.6. The number of amides is 1. The van der Waals surface area contributed by atoms with Gasteiger partial charge >= 0.3 is 0 Å². The van der Waals surface area contributed by atoms with E-state index in [1.54, 1.807) is 46.3 Å². The number of hydrogen-bond acceptors (Lipinski definition) is 6. The van der Waals surface area contributed by atoms with Crippen molar-refractivity contribution < 1.29 is 9.90 Å². The van der Waals surface area contributed by atoms with Gasteiger partial charge < -0.3 is 10.0 Å². The van der Waals surface area contributed by atoms with Crippen molar-refractivity contribution in [1.29, 1.82) is 0 Å². The fourth-order valence-electron chi connectivity index (χ4n) is 2.74. The van der Waals surface area contributed by atoms with Crippen molar-refractivity contribution >= 4 is 33.1 Å². The molecule has 3 heterocycles. The summed E-state index contributed by atoms with van der Waals surface area (Å²) in [6, 6.07) is 9.59. The molecule has 0 aliphatic heterocycles. The minimum Gasteiger partial charge on any atom is -0.396 e. The summed E-state index contributed by atoms with van der Waals surface area (Å²) < 4.78 is 2.68. The highest BCUT2D eigenvalue weighted by Crippen LogP contribution is 2.22. The molecule has 7 nitrogen and oxygen atoms in total. The molecule has 1 N–H and O–H groups in total. The second kappa shape index (κ2) is 6.81. The second-order valence-electron chi connectivity index (χ2n) is 6.00. The molecule has 0 aliphatic carbocycles. The van der Waals surface area contributed by atoms with Crippen molar-refractivity contribution in [3.63, 3.8) is 0 Å². The van der Waals surface area contributed by atoms with Crippen LogP contribution in [-0.2, 0) is 13.0 Å². The number of aromatic nitrogens is 4. The van der Waals surface area contributed by atoms with E-state index in [0.29, 0.717) is 24.3 Å². The molecule has 0 fully saturated rings. The summed E-state index contributed by atoms with van der Waals surface area (Å²) in [4.78, 5) is 23.2. The zero-order chi connectivity index (χ0) is 18.1. The van der Waals surface area contributed by atoms with Crippen molar-refractivity contribution in [3.05, 3.63) is 59.0 Å². The van der Waals surface area contributed by atoms with Gasteiger partial charge in [0.1, 0.15) is 5.01 Å². The summed E-state index contributed by atoms with van der Waals surface area (Å²) in [6.07, 6.45) is 3.97. The van der Waals surface area contributed by atoms with E-state index >= 15 is 0 Å². The topological polar surface area (TPSA) is 83.6 Å². The van der Waals surface area contributed by atoms with E-state index in [2.05, 4.69) is 15.1 Å². The van der Waals surface area contributed by atoms with Crippen LogP contribution in [-0.4, -0.2) is 49.2 Å². The molecule has 1 aromatic carbocycles. The second-order valence-corrected chi connectivity index (χ2v) is 7.12. The van der Waals surface area contributed by atoms with E-state index in [1.807, 2.05) is 24.3 Å². The Kier molecular flexibility index (Phi) is 4.36. The minimum absolute atomic E-state index is 0.0468. The Labute approximate surface area is 153 Å². The highest BCUT2D eigenvalue weighted by Gasteiger charge is 2.18. The lowest BCUT2D eigenvalue weighted by Gasteiger charge is -2.13. The molecule has 0 bridgehead atoms. The summed E-state index contributed by atoms with van der Waals surface area (Å²) in [6.45, 7) is 0.473. The first kappa shape index (κ1) is 16.6. The SMILES string of the molecule is CN(Cc1nc2ccccc2s1)C(=O)c1cc2ncc(CCO)cn2n1. The molecule has 0 saturated heterocycles. The van der Waals surface area contributed by atoms with Crippen LogP contribution in [0.2, 0.25) is 0 Å². The number of nitrogens with zero attached hydrogens (tertiary/aromatic N) is 5. The number of benzene rings is 1. The number of fused-ring (bicyclic) bond motifs is 2. The van der Waals surface area contributed by atoms with Crippen LogP contribution in [0.4, 0.5) is 0 Å². The third-order valence-corrected chi connectivity index (χ3v) is 5.06. The van der Waals surface area contributed by atoms with Gasteiger partial charge in [0.25, 0.3) is 5.91 Å². The standard InChI is InChI=1S/C18H17N5O2S/c1-22(11-17-20-13-4-2-3-5-15(13)26-17)18(25)14-8-16-19-9-12(6-7-24)10-23(16)21-14/h2-5,8-10,24H,6-7,11H2,1H3. The number of aliphatic hydroxyl groups is 1. The highest BCUT2D eigenvalue weighted by atomic mass is 32.1.